The fourth-order valence-electron chi connectivity index (χ4n) is 2.05. The minimum atomic E-state index is -0.387. The van der Waals surface area contributed by atoms with Gasteiger partial charge in [-0.05, 0) is 43.7 Å². The van der Waals surface area contributed by atoms with E-state index in [1.165, 1.54) is 0 Å². The van der Waals surface area contributed by atoms with Gasteiger partial charge in [0, 0.05) is 12.2 Å². The molecule has 0 spiro atoms. The van der Waals surface area contributed by atoms with Gasteiger partial charge in [0.1, 0.15) is 0 Å². The maximum atomic E-state index is 12.1. The first-order chi connectivity index (χ1) is 10.6. The fourth-order valence-corrected chi connectivity index (χ4v) is 2.05. The van der Waals surface area contributed by atoms with E-state index in [9.17, 15) is 9.59 Å². The lowest BCUT2D eigenvalue weighted by atomic mass is 10.1. The number of amides is 3. The molecule has 114 valence electrons. The highest BCUT2D eigenvalue weighted by Crippen LogP contribution is 2.16. The van der Waals surface area contributed by atoms with Crippen molar-refractivity contribution < 1.29 is 9.59 Å². The summed E-state index contributed by atoms with van der Waals surface area (Å²) in [4.78, 5) is 24.0. The average molecular weight is 297 g/mol. The van der Waals surface area contributed by atoms with Crippen LogP contribution in [0.4, 0.5) is 16.2 Å². The highest BCUT2D eigenvalue weighted by atomic mass is 16.2. The number of urea groups is 1. The van der Waals surface area contributed by atoms with Gasteiger partial charge in [-0.25, -0.2) is 4.79 Å². The third kappa shape index (κ3) is 4.09. The Labute approximate surface area is 129 Å². The van der Waals surface area contributed by atoms with Gasteiger partial charge >= 0.3 is 6.03 Å². The molecule has 0 heterocycles. The van der Waals surface area contributed by atoms with E-state index in [0.29, 0.717) is 23.5 Å². The molecule has 0 saturated heterocycles. The fraction of sp³-hybridized carbons (Fsp3) is 0.176. The zero-order valence-electron chi connectivity index (χ0n) is 12.6. The monoisotopic (exact) mass is 297 g/mol. The molecule has 0 aliphatic rings. The van der Waals surface area contributed by atoms with E-state index in [1.807, 2.05) is 38.1 Å². The lowest BCUT2D eigenvalue weighted by Crippen LogP contribution is -2.26. The number of rotatable bonds is 4. The van der Waals surface area contributed by atoms with E-state index in [4.69, 9.17) is 0 Å². The maximum Gasteiger partial charge on any atom is 0.323 e. The molecular weight excluding hydrogens is 278 g/mol. The lowest BCUT2D eigenvalue weighted by molar-refractivity contribution is 0.0956. The second-order valence-electron chi connectivity index (χ2n) is 4.85. The van der Waals surface area contributed by atoms with Crippen molar-refractivity contribution in [3.05, 3.63) is 59.7 Å². The summed E-state index contributed by atoms with van der Waals surface area (Å²) >= 11 is 0. The highest BCUT2D eigenvalue weighted by Gasteiger charge is 2.12. The number of anilines is 2. The maximum absolute atomic E-state index is 12.1. The minimum Gasteiger partial charge on any atom is -0.352 e. The van der Waals surface area contributed by atoms with Crippen molar-refractivity contribution >= 4 is 23.3 Å². The van der Waals surface area contributed by atoms with Gasteiger partial charge in [-0.3, -0.25) is 4.79 Å². The molecule has 2 rings (SSSR count). The Hall–Kier alpha value is -2.82. The Bertz CT molecular complexity index is 683. The summed E-state index contributed by atoms with van der Waals surface area (Å²) in [6, 6.07) is 14.0. The predicted molar refractivity (Wildman–Crippen MR) is 88.3 cm³/mol. The first-order valence-corrected chi connectivity index (χ1v) is 7.12. The van der Waals surface area contributed by atoms with Gasteiger partial charge in [0.25, 0.3) is 5.91 Å². The van der Waals surface area contributed by atoms with Gasteiger partial charge in [-0.15, -0.1) is 0 Å². The quantitative estimate of drug-likeness (QED) is 0.809. The van der Waals surface area contributed by atoms with Crippen LogP contribution in [0.3, 0.4) is 0 Å². The van der Waals surface area contributed by atoms with E-state index in [0.717, 1.165) is 5.56 Å². The van der Waals surface area contributed by atoms with Crippen molar-refractivity contribution in [2.75, 3.05) is 17.2 Å². The van der Waals surface area contributed by atoms with Gasteiger partial charge in [0.15, 0.2) is 0 Å². The second-order valence-corrected chi connectivity index (χ2v) is 4.85. The molecule has 0 aromatic heterocycles. The van der Waals surface area contributed by atoms with Gasteiger partial charge in [-0.2, -0.15) is 0 Å². The number of benzene rings is 2. The summed E-state index contributed by atoms with van der Waals surface area (Å²) in [5.74, 6) is -0.214. The van der Waals surface area contributed by atoms with Gasteiger partial charge in [0.2, 0.25) is 0 Å². The molecule has 0 saturated carbocycles. The van der Waals surface area contributed by atoms with Crippen molar-refractivity contribution in [2.45, 2.75) is 13.8 Å². The average Bonchev–Trinajstić information content (AvgIpc) is 2.48. The number of nitrogens with one attached hydrogen (secondary N) is 3. The standard InChI is InChI=1S/C17H19N3O2/c1-3-18-16(21)14-9-4-5-10-15(14)20-17(22)19-13-8-6-7-12(2)11-13/h4-11H,3H2,1-2H3,(H,18,21)(H2,19,20,22). The molecule has 0 aliphatic carbocycles. The summed E-state index contributed by atoms with van der Waals surface area (Å²) < 4.78 is 0. The molecule has 3 amide bonds. The largest absolute Gasteiger partial charge is 0.352 e. The molecule has 2 aromatic rings. The summed E-state index contributed by atoms with van der Waals surface area (Å²) in [5.41, 5.74) is 2.66. The number of para-hydroxylation sites is 1. The molecule has 3 N–H and O–H groups in total. The molecule has 0 atom stereocenters. The topological polar surface area (TPSA) is 70.2 Å². The first kappa shape index (κ1) is 15.6. The Morgan fingerprint density at radius 2 is 1.77 bits per heavy atom. The van der Waals surface area contributed by atoms with Crippen LogP contribution in [0.15, 0.2) is 48.5 Å². The number of hydrogen-bond donors (Lipinski definition) is 3. The smallest absolute Gasteiger partial charge is 0.323 e. The molecule has 5 nitrogen and oxygen atoms in total. The molecule has 0 bridgehead atoms. The van der Waals surface area contributed by atoms with E-state index >= 15 is 0 Å². The highest BCUT2D eigenvalue weighted by molar-refractivity contribution is 6.06. The van der Waals surface area contributed by atoms with E-state index in [2.05, 4.69) is 16.0 Å². The van der Waals surface area contributed by atoms with Crippen molar-refractivity contribution in [3.8, 4) is 0 Å². The van der Waals surface area contributed by atoms with Crippen LogP contribution in [0.5, 0.6) is 0 Å². The third-order valence-corrected chi connectivity index (χ3v) is 3.03. The van der Waals surface area contributed by atoms with Gasteiger partial charge < -0.3 is 16.0 Å². The zero-order valence-corrected chi connectivity index (χ0v) is 12.6. The Morgan fingerprint density at radius 1 is 1.00 bits per heavy atom. The van der Waals surface area contributed by atoms with Gasteiger partial charge in [0.05, 0.1) is 11.3 Å². The van der Waals surface area contributed by atoms with Crippen LogP contribution in [0, 0.1) is 6.92 Å². The first-order valence-electron chi connectivity index (χ1n) is 7.12. The zero-order chi connectivity index (χ0) is 15.9. The van der Waals surface area contributed by atoms with E-state index in [-0.39, 0.29) is 11.9 Å². The minimum absolute atomic E-state index is 0.214. The van der Waals surface area contributed by atoms with Crippen LogP contribution in [0.25, 0.3) is 0 Å². The SMILES string of the molecule is CCNC(=O)c1ccccc1NC(=O)Nc1cccc(C)c1. The van der Waals surface area contributed by atoms with Crippen LogP contribution in [0.1, 0.15) is 22.8 Å². The summed E-state index contributed by atoms with van der Waals surface area (Å²) in [5, 5.41) is 8.18. The summed E-state index contributed by atoms with van der Waals surface area (Å²) in [6.07, 6.45) is 0. The number of hydrogen-bond acceptors (Lipinski definition) is 2. The van der Waals surface area contributed by atoms with E-state index in [1.54, 1.807) is 24.3 Å². The summed E-state index contributed by atoms with van der Waals surface area (Å²) in [6.45, 7) is 4.33. The number of carbonyl (C=O) groups excluding carboxylic acids is 2. The molecule has 0 unspecified atom stereocenters. The van der Waals surface area contributed by atoms with Crippen molar-refractivity contribution in [1.82, 2.24) is 5.32 Å². The van der Waals surface area contributed by atoms with E-state index < -0.39 is 0 Å². The molecule has 0 radical (unpaired) electrons. The third-order valence-electron chi connectivity index (χ3n) is 3.03. The van der Waals surface area contributed by atoms with Crippen molar-refractivity contribution in [1.29, 1.82) is 0 Å². The van der Waals surface area contributed by atoms with Crippen molar-refractivity contribution in [2.24, 2.45) is 0 Å². The summed E-state index contributed by atoms with van der Waals surface area (Å²) in [7, 11) is 0. The van der Waals surface area contributed by atoms with Crippen molar-refractivity contribution in [3.63, 3.8) is 0 Å². The van der Waals surface area contributed by atoms with Gasteiger partial charge in [-0.1, -0.05) is 24.3 Å². The Balaban J connectivity index is 2.10. The van der Waals surface area contributed by atoms with Crippen LogP contribution >= 0.6 is 0 Å². The predicted octanol–water partition coefficient (Wildman–Crippen LogP) is 3.39. The second kappa shape index (κ2) is 7.26. The molecule has 22 heavy (non-hydrogen) atoms. The molecule has 0 fully saturated rings. The van der Waals surface area contributed by atoms with Crippen LogP contribution in [-0.4, -0.2) is 18.5 Å². The molecule has 2 aromatic carbocycles. The normalized spacial score (nSPS) is 9.91. The lowest BCUT2D eigenvalue weighted by Gasteiger charge is -2.12. The molecular formula is C17H19N3O2. The molecule has 5 heteroatoms. The number of aryl methyl sites for hydroxylation is 1. The van der Waals surface area contributed by atoms with Crippen LogP contribution in [0.2, 0.25) is 0 Å². The number of carbonyl (C=O) groups is 2. The van der Waals surface area contributed by atoms with Crippen LogP contribution < -0.4 is 16.0 Å². The Morgan fingerprint density at radius 3 is 2.50 bits per heavy atom. The molecule has 0 aliphatic heterocycles. The van der Waals surface area contributed by atoms with Crippen LogP contribution in [-0.2, 0) is 0 Å². The Kier molecular flexibility index (Phi) is 5.14.